The Kier molecular flexibility index (Phi) is 4.54. The molecule has 3 aromatic rings. The van der Waals surface area contributed by atoms with Crippen molar-refractivity contribution in [3.63, 3.8) is 0 Å². The molecule has 3 rings (SSSR count). The van der Waals surface area contributed by atoms with Crippen LogP contribution in [-0.4, -0.2) is 10.5 Å². The van der Waals surface area contributed by atoms with E-state index in [1.807, 2.05) is 6.07 Å². The number of carbonyl (C=O) groups excluding carboxylic acids is 1. The van der Waals surface area contributed by atoms with Crippen molar-refractivity contribution in [2.75, 3.05) is 5.32 Å². The van der Waals surface area contributed by atoms with Gasteiger partial charge in [-0.1, -0.05) is 39.7 Å². The molecule has 5 nitrogen and oxygen atoms in total. The Morgan fingerprint density at radius 2 is 2.04 bits per heavy atom. The number of anilines is 1. The molecule has 2 aromatic carbocycles. The number of halogens is 2. The zero-order valence-corrected chi connectivity index (χ0v) is 14.2. The molecule has 1 heterocycles. The number of hydrogen-bond acceptors (Lipinski definition) is 3. The minimum atomic E-state index is -0.472. The fourth-order valence-corrected chi connectivity index (χ4v) is 2.96. The lowest BCUT2D eigenvalue weighted by Gasteiger charge is -2.08. The largest absolute Gasteiger partial charge is 0.419 e. The Bertz CT molecular complexity index is 932. The van der Waals surface area contributed by atoms with E-state index in [1.54, 1.807) is 36.4 Å². The molecule has 0 atom stereocenters. The van der Waals surface area contributed by atoms with E-state index in [-0.39, 0.29) is 18.9 Å². The van der Waals surface area contributed by atoms with Crippen LogP contribution in [0.3, 0.4) is 0 Å². The summed E-state index contributed by atoms with van der Waals surface area (Å²) >= 11 is 9.37. The number of nitrogens with zero attached hydrogens (tertiary/aromatic N) is 1. The first-order valence-electron chi connectivity index (χ1n) is 6.88. The van der Waals surface area contributed by atoms with E-state index >= 15 is 0 Å². The zero-order chi connectivity index (χ0) is 16.4. The Balaban J connectivity index is 1.71. The van der Waals surface area contributed by atoms with Crippen LogP contribution >= 0.6 is 27.5 Å². The number of benzene rings is 2. The molecule has 0 aliphatic heterocycles. The van der Waals surface area contributed by atoms with Crippen molar-refractivity contribution >= 4 is 50.2 Å². The topological polar surface area (TPSA) is 64.2 Å². The summed E-state index contributed by atoms with van der Waals surface area (Å²) < 4.78 is 7.40. The van der Waals surface area contributed by atoms with Crippen molar-refractivity contribution in [1.29, 1.82) is 0 Å². The third kappa shape index (κ3) is 3.48. The van der Waals surface area contributed by atoms with Gasteiger partial charge in [0.15, 0.2) is 5.58 Å². The van der Waals surface area contributed by atoms with Crippen LogP contribution in [0.15, 0.2) is 56.1 Å². The van der Waals surface area contributed by atoms with Gasteiger partial charge in [-0.2, -0.15) is 0 Å². The molecule has 0 aliphatic rings. The van der Waals surface area contributed by atoms with E-state index in [0.717, 1.165) is 4.47 Å². The number of aromatic nitrogens is 1. The summed E-state index contributed by atoms with van der Waals surface area (Å²) in [5, 5.41) is 3.17. The first-order valence-corrected chi connectivity index (χ1v) is 8.05. The Morgan fingerprint density at radius 1 is 1.26 bits per heavy atom. The second kappa shape index (κ2) is 6.60. The predicted molar refractivity (Wildman–Crippen MR) is 92.9 cm³/mol. The minimum Gasteiger partial charge on any atom is -0.408 e. The molecule has 0 radical (unpaired) electrons. The number of oxazole rings is 1. The molecule has 1 aromatic heterocycles. The van der Waals surface area contributed by atoms with Gasteiger partial charge < -0.3 is 9.73 Å². The number of nitrogens with one attached hydrogen (secondary N) is 1. The second-order valence-corrected chi connectivity index (χ2v) is 6.23. The summed E-state index contributed by atoms with van der Waals surface area (Å²) in [7, 11) is 0. The van der Waals surface area contributed by atoms with Crippen LogP contribution in [-0.2, 0) is 11.3 Å². The molecule has 0 bridgehead atoms. The van der Waals surface area contributed by atoms with Crippen LogP contribution in [0.5, 0.6) is 0 Å². The van der Waals surface area contributed by atoms with Gasteiger partial charge in [0.1, 0.15) is 0 Å². The molecular weight excluding hydrogens is 384 g/mol. The van der Waals surface area contributed by atoms with E-state index in [2.05, 4.69) is 21.2 Å². The number of para-hydroxylation sites is 2. The molecular formula is C16H12BrClN2O3. The molecule has 1 amide bonds. The van der Waals surface area contributed by atoms with Gasteiger partial charge in [-0.15, -0.1) is 0 Å². The van der Waals surface area contributed by atoms with Crippen LogP contribution in [0.4, 0.5) is 5.69 Å². The Hall–Kier alpha value is -2.05. The number of rotatable bonds is 4. The van der Waals surface area contributed by atoms with Crippen LogP contribution in [0.2, 0.25) is 5.02 Å². The monoisotopic (exact) mass is 394 g/mol. The average molecular weight is 396 g/mol. The summed E-state index contributed by atoms with van der Waals surface area (Å²) in [6.45, 7) is 0.232. The van der Waals surface area contributed by atoms with Crippen molar-refractivity contribution in [1.82, 2.24) is 4.57 Å². The predicted octanol–water partition coefficient (Wildman–Crippen LogP) is 4.04. The molecule has 23 heavy (non-hydrogen) atoms. The lowest BCUT2D eigenvalue weighted by molar-refractivity contribution is -0.116. The van der Waals surface area contributed by atoms with Crippen LogP contribution in [0.25, 0.3) is 11.1 Å². The van der Waals surface area contributed by atoms with Gasteiger partial charge in [-0.05, 0) is 30.3 Å². The fourth-order valence-electron chi connectivity index (χ4n) is 2.24. The number of amides is 1. The summed E-state index contributed by atoms with van der Waals surface area (Å²) in [5.74, 6) is -0.702. The molecule has 0 unspecified atom stereocenters. The SMILES string of the molecule is O=C(CCn1c(=O)oc2ccccc21)Nc1ccc(Br)cc1Cl. The Morgan fingerprint density at radius 3 is 2.83 bits per heavy atom. The maximum Gasteiger partial charge on any atom is 0.419 e. The first-order chi connectivity index (χ1) is 11.0. The van der Waals surface area contributed by atoms with E-state index in [9.17, 15) is 9.59 Å². The van der Waals surface area contributed by atoms with Gasteiger partial charge >= 0.3 is 5.76 Å². The van der Waals surface area contributed by atoms with Gasteiger partial charge in [0, 0.05) is 17.4 Å². The smallest absolute Gasteiger partial charge is 0.408 e. The number of hydrogen-bond donors (Lipinski definition) is 1. The van der Waals surface area contributed by atoms with Gasteiger partial charge in [0.2, 0.25) is 5.91 Å². The first kappa shape index (κ1) is 15.8. The van der Waals surface area contributed by atoms with E-state index in [4.69, 9.17) is 16.0 Å². The Labute approximate surface area is 145 Å². The van der Waals surface area contributed by atoms with Crippen molar-refractivity contribution < 1.29 is 9.21 Å². The number of aryl methyl sites for hydroxylation is 1. The molecule has 118 valence electrons. The van der Waals surface area contributed by atoms with Crippen molar-refractivity contribution in [3.05, 3.63) is 62.5 Å². The number of carbonyl (C=O) groups is 1. The lowest BCUT2D eigenvalue weighted by atomic mass is 10.3. The molecule has 1 N–H and O–H groups in total. The summed E-state index contributed by atoms with van der Waals surface area (Å²) in [4.78, 5) is 23.9. The van der Waals surface area contributed by atoms with Gasteiger partial charge in [-0.25, -0.2) is 4.79 Å². The quantitative estimate of drug-likeness (QED) is 0.725. The molecule has 0 fully saturated rings. The maximum atomic E-state index is 12.1. The van der Waals surface area contributed by atoms with E-state index in [0.29, 0.717) is 21.8 Å². The summed E-state index contributed by atoms with van der Waals surface area (Å²) in [6, 6.07) is 12.3. The third-order valence-corrected chi connectivity index (χ3v) is 4.15. The van der Waals surface area contributed by atoms with Crippen molar-refractivity contribution in [3.8, 4) is 0 Å². The molecule has 0 aliphatic carbocycles. The fraction of sp³-hybridized carbons (Fsp3) is 0.125. The summed E-state index contributed by atoms with van der Waals surface area (Å²) in [6.07, 6.45) is 0.135. The third-order valence-electron chi connectivity index (χ3n) is 3.34. The zero-order valence-electron chi connectivity index (χ0n) is 11.9. The van der Waals surface area contributed by atoms with E-state index in [1.165, 1.54) is 4.57 Å². The highest BCUT2D eigenvalue weighted by molar-refractivity contribution is 9.10. The van der Waals surface area contributed by atoms with Crippen molar-refractivity contribution in [2.24, 2.45) is 0 Å². The average Bonchev–Trinajstić information content (AvgIpc) is 2.83. The highest BCUT2D eigenvalue weighted by Crippen LogP contribution is 2.25. The molecule has 0 saturated heterocycles. The molecule has 0 saturated carbocycles. The molecule has 7 heteroatoms. The van der Waals surface area contributed by atoms with Crippen LogP contribution in [0.1, 0.15) is 6.42 Å². The van der Waals surface area contributed by atoms with E-state index < -0.39 is 5.76 Å². The van der Waals surface area contributed by atoms with Crippen LogP contribution < -0.4 is 11.1 Å². The van der Waals surface area contributed by atoms with Gasteiger partial charge in [-0.3, -0.25) is 9.36 Å². The standard InChI is InChI=1S/C16H12BrClN2O3/c17-10-5-6-12(11(18)9-10)19-15(21)7-8-20-13-3-1-2-4-14(13)23-16(20)22/h1-6,9H,7-8H2,(H,19,21). The van der Waals surface area contributed by atoms with Gasteiger partial charge in [0.25, 0.3) is 0 Å². The number of fused-ring (bicyclic) bond motifs is 1. The lowest BCUT2D eigenvalue weighted by Crippen LogP contribution is -2.19. The minimum absolute atomic E-state index is 0.135. The van der Waals surface area contributed by atoms with Crippen LogP contribution in [0, 0.1) is 0 Å². The highest BCUT2D eigenvalue weighted by Gasteiger charge is 2.11. The summed E-state index contributed by atoms with van der Waals surface area (Å²) in [5.41, 5.74) is 1.71. The highest BCUT2D eigenvalue weighted by atomic mass is 79.9. The molecule has 0 spiro atoms. The van der Waals surface area contributed by atoms with Crippen molar-refractivity contribution in [2.45, 2.75) is 13.0 Å². The van der Waals surface area contributed by atoms with Gasteiger partial charge in [0.05, 0.1) is 16.2 Å². The second-order valence-electron chi connectivity index (χ2n) is 4.91. The normalized spacial score (nSPS) is 10.9. The maximum absolute atomic E-state index is 12.1.